The molecule has 0 spiro atoms. The van der Waals surface area contributed by atoms with Gasteiger partial charge in [0.05, 0.1) is 30.3 Å². The summed E-state index contributed by atoms with van der Waals surface area (Å²) in [5.41, 5.74) is 3.53. The summed E-state index contributed by atoms with van der Waals surface area (Å²) >= 11 is 0. The summed E-state index contributed by atoms with van der Waals surface area (Å²) in [7, 11) is 1.65. The normalized spacial score (nSPS) is 10.9. The molecule has 4 nitrogen and oxygen atoms in total. The summed E-state index contributed by atoms with van der Waals surface area (Å²) in [6.07, 6.45) is 4.38. The molecule has 0 fully saturated rings. The maximum absolute atomic E-state index is 14.5. The van der Waals surface area contributed by atoms with Crippen molar-refractivity contribution in [3.8, 4) is 22.9 Å². The maximum atomic E-state index is 14.5. The summed E-state index contributed by atoms with van der Waals surface area (Å²) in [5, 5.41) is 0. The molecule has 0 atom stereocenters. The number of halogens is 1. The minimum absolute atomic E-state index is 0.264. The van der Waals surface area contributed by atoms with E-state index in [9.17, 15) is 4.39 Å². The molecule has 0 radical (unpaired) electrons. The number of aryl methyl sites for hydroxylation is 1. The number of allylic oxidation sites excluding steroid dienone is 1. The van der Waals surface area contributed by atoms with Crippen molar-refractivity contribution >= 4 is 11.0 Å². The van der Waals surface area contributed by atoms with Gasteiger partial charge in [-0.05, 0) is 61.2 Å². The van der Waals surface area contributed by atoms with E-state index >= 15 is 0 Å². The van der Waals surface area contributed by atoms with Gasteiger partial charge in [-0.2, -0.15) is 0 Å². The van der Waals surface area contributed by atoms with E-state index in [2.05, 4.69) is 11.1 Å². The van der Waals surface area contributed by atoms with Crippen LogP contribution in [-0.4, -0.2) is 23.3 Å². The first kappa shape index (κ1) is 21.6. The zero-order chi connectivity index (χ0) is 22.3. The van der Waals surface area contributed by atoms with Gasteiger partial charge in [-0.3, -0.25) is 0 Å². The lowest BCUT2D eigenvalue weighted by Crippen LogP contribution is -2.05. The minimum atomic E-state index is -0.264. The predicted octanol–water partition coefficient (Wildman–Crippen LogP) is 6.44. The molecule has 5 heteroatoms. The van der Waals surface area contributed by atoms with E-state index in [1.165, 1.54) is 6.07 Å². The molecular weight excluding hydrogens is 403 g/mol. The van der Waals surface area contributed by atoms with Crippen molar-refractivity contribution in [1.29, 1.82) is 0 Å². The number of rotatable bonds is 10. The fraction of sp³-hybridized carbons (Fsp3) is 0.222. The van der Waals surface area contributed by atoms with Crippen molar-refractivity contribution in [2.75, 3.05) is 13.7 Å². The molecule has 0 aliphatic rings. The van der Waals surface area contributed by atoms with Gasteiger partial charge in [0.1, 0.15) is 11.6 Å². The highest BCUT2D eigenvalue weighted by atomic mass is 19.1. The van der Waals surface area contributed by atoms with Crippen LogP contribution in [0.15, 0.2) is 79.4 Å². The van der Waals surface area contributed by atoms with Gasteiger partial charge in [-0.1, -0.05) is 36.4 Å². The fourth-order valence-corrected chi connectivity index (χ4v) is 3.83. The molecule has 3 aromatic carbocycles. The second kappa shape index (κ2) is 10.1. The van der Waals surface area contributed by atoms with E-state index in [0.29, 0.717) is 18.0 Å². The van der Waals surface area contributed by atoms with Gasteiger partial charge >= 0.3 is 0 Å². The van der Waals surface area contributed by atoms with Gasteiger partial charge < -0.3 is 14.0 Å². The van der Waals surface area contributed by atoms with Gasteiger partial charge in [-0.25, -0.2) is 9.37 Å². The number of para-hydroxylation sites is 2. The summed E-state index contributed by atoms with van der Waals surface area (Å²) in [6.45, 7) is 5.07. The number of hydrogen-bond donors (Lipinski definition) is 0. The minimum Gasteiger partial charge on any atom is -0.493 e. The van der Waals surface area contributed by atoms with Crippen LogP contribution in [0.2, 0.25) is 0 Å². The second-order valence-corrected chi connectivity index (χ2v) is 7.59. The van der Waals surface area contributed by atoms with Crippen molar-refractivity contribution < 1.29 is 13.9 Å². The monoisotopic (exact) mass is 430 g/mol. The van der Waals surface area contributed by atoms with Crippen LogP contribution in [-0.2, 0) is 13.0 Å². The molecule has 0 aliphatic heterocycles. The lowest BCUT2D eigenvalue weighted by Gasteiger charge is -2.13. The average molecular weight is 431 g/mol. The molecule has 0 N–H and O–H groups in total. The third-order valence-electron chi connectivity index (χ3n) is 5.41. The topological polar surface area (TPSA) is 36.3 Å². The van der Waals surface area contributed by atoms with Gasteiger partial charge in [0.25, 0.3) is 0 Å². The second-order valence-electron chi connectivity index (χ2n) is 7.59. The third-order valence-corrected chi connectivity index (χ3v) is 5.41. The highest BCUT2D eigenvalue weighted by molar-refractivity contribution is 5.80. The predicted molar refractivity (Wildman–Crippen MR) is 127 cm³/mol. The lowest BCUT2D eigenvalue weighted by atomic mass is 10.1. The van der Waals surface area contributed by atoms with Crippen LogP contribution in [0.25, 0.3) is 22.4 Å². The van der Waals surface area contributed by atoms with Gasteiger partial charge in [-0.15, -0.1) is 6.58 Å². The van der Waals surface area contributed by atoms with Crippen molar-refractivity contribution in [1.82, 2.24) is 9.55 Å². The molecule has 1 aromatic heterocycles. The number of ether oxygens (including phenoxy) is 2. The number of methoxy groups -OCH3 is 1. The van der Waals surface area contributed by atoms with Crippen LogP contribution in [0, 0.1) is 5.82 Å². The number of imidazole rings is 1. The molecule has 4 aromatic rings. The number of fused-ring (bicyclic) bond motifs is 1. The number of hydrogen-bond acceptors (Lipinski definition) is 3. The standard InChI is InChI=1S/C27H27FN2O2/c1-3-10-20-15-16-25(26(19-20)31-2)32-18-9-8-17-30-24-14-7-6-13-23(24)29-27(30)21-11-4-5-12-22(21)28/h3-7,11-16,19H,1,8-10,17-18H2,2H3. The van der Waals surface area contributed by atoms with Crippen LogP contribution < -0.4 is 9.47 Å². The molecule has 4 rings (SSSR count). The number of benzene rings is 3. The molecule has 164 valence electrons. The zero-order valence-corrected chi connectivity index (χ0v) is 18.3. The van der Waals surface area contributed by atoms with Gasteiger partial charge in [0.15, 0.2) is 11.5 Å². The van der Waals surface area contributed by atoms with Crippen LogP contribution >= 0.6 is 0 Å². The molecular formula is C27H27FN2O2. The highest BCUT2D eigenvalue weighted by Gasteiger charge is 2.15. The Morgan fingerprint density at radius 2 is 1.81 bits per heavy atom. The van der Waals surface area contributed by atoms with Crippen molar-refractivity contribution in [2.45, 2.75) is 25.8 Å². The maximum Gasteiger partial charge on any atom is 0.161 e. The molecule has 32 heavy (non-hydrogen) atoms. The summed E-state index contributed by atoms with van der Waals surface area (Å²) in [6, 6.07) is 20.7. The first-order valence-electron chi connectivity index (χ1n) is 10.8. The molecule has 0 aliphatic carbocycles. The number of aromatic nitrogens is 2. The Morgan fingerprint density at radius 1 is 1.00 bits per heavy atom. The van der Waals surface area contributed by atoms with E-state index in [-0.39, 0.29) is 5.82 Å². The van der Waals surface area contributed by atoms with Crippen LogP contribution in [0.4, 0.5) is 4.39 Å². The van der Waals surface area contributed by atoms with E-state index in [1.54, 1.807) is 19.2 Å². The summed E-state index contributed by atoms with van der Waals surface area (Å²) < 4.78 is 28.0. The smallest absolute Gasteiger partial charge is 0.161 e. The Labute approximate surface area is 187 Å². The Morgan fingerprint density at radius 3 is 2.62 bits per heavy atom. The average Bonchev–Trinajstić information content (AvgIpc) is 3.18. The summed E-state index contributed by atoms with van der Waals surface area (Å²) in [5.74, 6) is 1.86. The lowest BCUT2D eigenvalue weighted by molar-refractivity contribution is 0.284. The molecule has 0 bridgehead atoms. The Balaban J connectivity index is 1.44. The van der Waals surface area contributed by atoms with Crippen LogP contribution in [0.5, 0.6) is 11.5 Å². The van der Waals surface area contributed by atoms with Crippen molar-refractivity contribution in [3.05, 3.63) is 90.8 Å². The van der Waals surface area contributed by atoms with Crippen molar-refractivity contribution in [2.24, 2.45) is 0 Å². The Bertz CT molecular complexity index is 1220. The largest absolute Gasteiger partial charge is 0.493 e. The first-order chi connectivity index (χ1) is 15.7. The molecule has 0 unspecified atom stereocenters. The fourth-order valence-electron chi connectivity index (χ4n) is 3.83. The quantitative estimate of drug-likeness (QED) is 0.215. The van der Waals surface area contributed by atoms with Gasteiger partial charge in [0, 0.05) is 6.54 Å². The molecule has 1 heterocycles. The molecule has 0 saturated heterocycles. The Kier molecular flexibility index (Phi) is 6.85. The van der Waals surface area contributed by atoms with Gasteiger partial charge in [0.2, 0.25) is 0 Å². The highest BCUT2D eigenvalue weighted by Crippen LogP contribution is 2.29. The Hall–Kier alpha value is -3.60. The van der Waals surface area contributed by atoms with Crippen LogP contribution in [0.3, 0.4) is 0 Å². The molecule has 0 amide bonds. The van der Waals surface area contributed by atoms with Crippen LogP contribution in [0.1, 0.15) is 18.4 Å². The van der Waals surface area contributed by atoms with E-state index in [1.807, 2.05) is 54.6 Å². The third kappa shape index (κ3) is 4.67. The SMILES string of the molecule is C=CCc1ccc(OCCCCn2c(-c3ccccc3F)nc3ccccc32)c(OC)c1. The molecule has 0 saturated carbocycles. The van der Waals surface area contributed by atoms with E-state index < -0.39 is 0 Å². The number of unbranched alkanes of at least 4 members (excludes halogenated alkanes) is 1. The first-order valence-corrected chi connectivity index (χ1v) is 10.8. The van der Waals surface area contributed by atoms with E-state index in [0.717, 1.165) is 53.9 Å². The van der Waals surface area contributed by atoms with Crippen molar-refractivity contribution in [3.63, 3.8) is 0 Å². The summed E-state index contributed by atoms with van der Waals surface area (Å²) in [4.78, 5) is 4.70. The number of nitrogens with zero attached hydrogens (tertiary/aromatic N) is 2. The zero-order valence-electron chi connectivity index (χ0n) is 18.3. The van der Waals surface area contributed by atoms with E-state index in [4.69, 9.17) is 14.5 Å².